The first-order valence-corrected chi connectivity index (χ1v) is 13.9. The normalized spacial score (nSPS) is 12.5. The van der Waals surface area contributed by atoms with Crippen molar-refractivity contribution in [2.24, 2.45) is 0 Å². The Morgan fingerprint density at radius 1 is 1.00 bits per heavy atom. The summed E-state index contributed by atoms with van der Waals surface area (Å²) < 4.78 is 24.7. The third-order valence-electron chi connectivity index (χ3n) is 5.78. The molecule has 0 spiro atoms. The lowest BCUT2D eigenvalue weighted by molar-refractivity contribution is 0.0983. The van der Waals surface area contributed by atoms with E-state index < -0.39 is 9.84 Å². The van der Waals surface area contributed by atoms with Gasteiger partial charge >= 0.3 is 0 Å². The van der Waals surface area contributed by atoms with Gasteiger partial charge in [0.1, 0.15) is 0 Å². The van der Waals surface area contributed by atoms with Crippen molar-refractivity contribution in [1.29, 1.82) is 0 Å². The Balaban J connectivity index is 1.99. The van der Waals surface area contributed by atoms with E-state index in [0.717, 1.165) is 24.3 Å². The number of amides is 1. The van der Waals surface area contributed by atoms with Crippen molar-refractivity contribution in [3.8, 4) is 0 Å². The van der Waals surface area contributed by atoms with Crippen LogP contribution >= 0.6 is 11.3 Å². The van der Waals surface area contributed by atoms with Crippen LogP contribution in [-0.2, 0) is 15.3 Å². The number of carbonyl (C=O) groups excluding carboxylic acids is 1. The molecule has 0 aliphatic carbocycles. The third-order valence-corrected chi connectivity index (χ3v) is 7.94. The molecule has 33 heavy (non-hydrogen) atoms. The maximum Gasteiger partial charge on any atom is 0.260 e. The molecule has 0 aliphatic rings. The molecule has 3 rings (SSSR count). The van der Waals surface area contributed by atoms with E-state index in [1.807, 2.05) is 24.3 Å². The maximum atomic E-state index is 13.6. The first-order chi connectivity index (χ1) is 15.4. The van der Waals surface area contributed by atoms with Gasteiger partial charge < -0.3 is 4.90 Å². The molecule has 3 aromatic rings. The molecular weight excluding hydrogens is 454 g/mol. The predicted molar refractivity (Wildman–Crippen MR) is 137 cm³/mol. The van der Waals surface area contributed by atoms with Crippen LogP contribution in [0.1, 0.15) is 50.5 Å². The Hall–Kier alpha value is -2.29. The average molecular weight is 488 g/mol. The van der Waals surface area contributed by atoms with E-state index in [9.17, 15) is 13.2 Å². The van der Waals surface area contributed by atoms with Gasteiger partial charge in [-0.15, -0.1) is 0 Å². The van der Waals surface area contributed by atoms with E-state index >= 15 is 0 Å². The fraction of sp³-hybridized carbons (Fsp3) is 0.440. The predicted octanol–water partition coefficient (Wildman–Crippen LogP) is 4.99. The van der Waals surface area contributed by atoms with E-state index in [2.05, 4.69) is 44.5 Å². The van der Waals surface area contributed by atoms with Gasteiger partial charge in [-0.25, -0.2) is 13.4 Å². The highest BCUT2D eigenvalue weighted by Gasteiger charge is 2.23. The number of hydrogen-bond donors (Lipinski definition) is 0. The molecular formula is C25H33N3O3S2. The fourth-order valence-electron chi connectivity index (χ4n) is 3.57. The molecule has 1 heterocycles. The summed E-state index contributed by atoms with van der Waals surface area (Å²) in [5.74, 6) is -0.106. The SMILES string of the molecule is CCN(CC)CCN(C(=O)c1ccc(C(C)(C)C)cc1)c1nc2ccc(S(C)(=O)=O)cc2s1. The van der Waals surface area contributed by atoms with Crippen molar-refractivity contribution >= 4 is 42.4 Å². The summed E-state index contributed by atoms with van der Waals surface area (Å²) in [7, 11) is -3.32. The smallest absolute Gasteiger partial charge is 0.260 e. The van der Waals surface area contributed by atoms with E-state index in [1.165, 1.54) is 23.2 Å². The molecule has 1 aromatic heterocycles. The van der Waals surface area contributed by atoms with Crippen molar-refractivity contribution in [2.45, 2.75) is 44.9 Å². The van der Waals surface area contributed by atoms with Crippen molar-refractivity contribution < 1.29 is 13.2 Å². The number of nitrogens with zero attached hydrogens (tertiary/aromatic N) is 3. The summed E-state index contributed by atoms with van der Waals surface area (Å²) in [6.07, 6.45) is 1.19. The molecule has 0 atom stereocenters. The van der Waals surface area contributed by atoms with Gasteiger partial charge in [-0.3, -0.25) is 9.69 Å². The van der Waals surface area contributed by atoms with Gasteiger partial charge in [0.2, 0.25) is 0 Å². The molecule has 0 N–H and O–H groups in total. The summed E-state index contributed by atoms with van der Waals surface area (Å²) in [6, 6.07) is 12.7. The third kappa shape index (κ3) is 5.99. The Kier molecular flexibility index (Phi) is 7.61. The van der Waals surface area contributed by atoms with Crippen LogP contribution in [0.2, 0.25) is 0 Å². The second-order valence-electron chi connectivity index (χ2n) is 9.21. The topological polar surface area (TPSA) is 70.6 Å². The second-order valence-corrected chi connectivity index (χ2v) is 12.2. The van der Waals surface area contributed by atoms with Crippen molar-refractivity contribution in [3.63, 3.8) is 0 Å². The van der Waals surface area contributed by atoms with Crippen molar-refractivity contribution in [2.75, 3.05) is 37.3 Å². The van der Waals surface area contributed by atoms with Gasteiger partial charge in [0.05, 0.1) is 15.1 Å². The number of likely N-dealkylation sites (N-methyl/N-ethyl adjacent to an activating group) is 1. The van der Waals surface area contributed by atoms with Crippen LogP contribution in [0.4, 0.5) is 5.13 Å². The summed E-state index contributed by atoms with van der Waals surface area (Å²) >= 11 is 1.34. The minimum absolute atomic E-state index is 0.00830. The molecule has 1 amide bonds. The largest absolute Gasteiger partial charge is 0.302 e. The summed E-state index contributed by atoms with van der Waals surface area (Å²) in [4.78, 5) is 22.5. The Bertz CT molecular complexity index is 1220. The summed E-state index contributed by atoms with van der Waals surface area (Å²) in [5.41, 5.74) is 2.47. The van der Waals surface area contributed by atoms with E-state index in [0.29, 0.717) is 22.8 Å². The van der Waals surface area contributed by atoms with Gasteiger partial charge in [0.15, 0.2) is 15.0 Å². The lowest BCUT2D eigenvalue weighted by Crippen LogP contribution is -2.38. The van der Waals surface area contributed by atoms with E-state index in [4.69, 9.17) is 0 Å². The molecule has 0 bridgehead atoms. The number of aromatic nitrogens is 1. The first kappa shape index (κ1) is 25.3. The number of anilines is 1. The number of thiazole rings is 1. The molecule has 0 fully saturated rings. The Labute approximate surface area is 201 Å². The molecule has 178 valence electrons. The van der Waals surface area contributed by atoms with Crippen molar-refractivity contribution in [3.05, 3.63) is 53.6 Å². The van der Waals surface area contributed by atoms with Gasteiger partial charge in [-0.1, -0.05) is 58.1 Å². The number of benzene rings is 2. The van der Waals surface area contributed by atoms with Gasteiger partial charge in [0.25, 0.3) is 5.91 Å². The molecule has 8 heteroatoms. The quantitative estimate of drug-likeness (QED) is 0.448. The average Bonchev–Trinajstić information content (AvgIpc) is 3.18. The first-order valence-electron chi connectivity index (χ1n) is 11.2. The number of hydrogen-bond acceptors (Lipinski definition) is 6. The highest BCUT2D eigenvalue weighted by Crippen LogP contribution is 2.32. The van der Waals surface area contributed by atoms with E-state index in [-0.39, 0.29) is 16.2 Å². The van der Waals surface area contributed by atoms with Crippen LogP contribution in [0, 0.1) is 0 Å². The van der Waals surface area contributed by atoms with Crippen LogP contribution in [0.15, 0.2) is 47.4 Å². The van der Waals surface area contributed by atoms with Crippen LogP contribution in [0.25, 0.3) is 10.2 Å². The van der Waals surface area contributed by atoms with Crippen LogP contribution in [-0.4, -0.2) is 56.6 Å². The fourth-order valence-corrected chi connectivity index (χ4v) is 5.32. The van der Waals surface area contributed by atoms with Gasteiger partial charge in [-0.2, -0.15) is 0 Å². The zero-order valence-corrected chi connectivity index (χ0v) is 21.9. The standard InChI is InChI=1S/C25H33N3O3S2/c1-7-27(8-2)15-16-28(23(29)18-9-11-19(12-10-18)25(3,4)5)24-26-21-14-13-20(33(6,30)31)17-22(21)32-24/h9-14,17H,7-8,15-16H2,1-6H3. The molecule has 0 unspecified atom stereocenters. The highest BCUT2D eigenvalue weighted by molar-refractivity contribution is 7.90. The Morgan fingerprint density at radius 3 is 2.18 bits per heavy atom. The second kappa shape index (κ2) is 9.91. The molecule has 2 aromatic carbocycles. The maximum absolute atomic E-state index is 13.6. The van der Waals surface area contributed by atoms with Crippen LogP contribution in [0.5, 0.6) is 0 Å². The lowest BCUT2D eigenvalue weighted by atomic mass is 9.86. The zero-order valence-electron chi connectivity index (χ0n) is 20.3. The minimum Gasteiger partial charge on any atom is -0.302 e. The highest BCUT2D eigenvalue weighted by atomic mass is 32.2. The molecule has 0 radical (unpaired) electrons. The van der Waals surface area contributed by atoms with E-state index in [1.54, 1.807) is 23.1 Å². The zero-order chi connectivity index (χ0) is 24.4. The number of fused-ring (bicyclic) bond motifs is 1. The monoisotopic (exact) mass is 487 g/mol. The molecule has 0 saturated heterocycles. The summed E-state index contributed by atoms with van der Waals surface area (Å²) in [5, 5.41) is 0.577. The lowest BCUT2D eigenvalue weighted by Gasteiger charge is -2.25. The Morgan fingerprint density at radius 2 is 1.64 bits per heavy atom. The van der Waals surface area contributed by atoms with Crippen molar-refractivity contribution in [1.82, 2.24) is 9.88 Å². The van der Waals surface area contributed by atoms with Crippen LogP contribution < -0.4 is 4.90 Å². The summed E-state index contributed by atoms with van der Waals surface area (Å²) in [6.45, 7) is 13.7. The minimum atomic E-state index is -3.32. The number of rotatable bonds is 8. The van der Waals surface area contributed by atoms with Gasteiger partial charge in [0, 0.05) is 24.9 Å². The molecule has 0 saturated carbocycles. The van der Waals surface area contributed by atoms with Crippen LogP contribution in [0.3, 0.4) is 0 Å². The molecule has 6 nitrogen and oxygen atoms in total. The number of sulfone groups is 1. The molecule has 0 aliphatic heterocycles. The number of carbonyl (C=O) groups is 1. The van der Waals surface area contributed by atoms with Gasteiger partial charge in [-0.05, 0) is 54.4 Å².